The third kappa shape index (κ3) is 4.31. The zero-order chi connectivity index (χ0) is 16.1. The second-order valence-corrected chi connectivity index (χ2v) is 6.57. The summed E-state index contributed by atoms with van der Waals surface area (Å²) >= 11 is 0. The lowest BCUT2D eigenvalue weighted by Crippen LogP contribution is -2.43. The summed E-state index contributed by atoms with van der Waals surface area (Å²) in [5.41, 5.74) is 7.21. The van der Waals surface area contributed by atoms with Crippen LogP contribution in [-0.4, -0.2) is 47.4 Å². The van der Waals surface area contributed by atoms with Gasteiger partial charge < -0.3 is 10.6 Å². The lowest BCUT2D eigenvalue weighted by Gasteiger charge is -2.27. The first kappa shape index (κ1) is 17.0. The minimum absolute atomic E-state index is 0.0893. The second-order valence-electron chi connectivity index (χ2n) is 6.57. The molecule has 1 aromatic rings. The van der Waals surface area contributed by atoms with Gasteiger partial charge in [-0.15, -0.1) is 0 Å². The predicted octanol–water partition coefficient (Wildman–Crippen LogP) is 2.09. The summed E-state index contributed by atoms with van der Waals surface area (Å²) in [4.78, 5) is 17.0. The van der Waals surface area contributed by atoms with Crippen LogP contribution in [0.4, 0.5) is 0 Å². The lowest BCUT2D eigenvalue weighted by atomic mass is 10.0. The van der Waals surface area contributed by atoms with Crippen molar-refractivity contribution in [1.29, 1.82) is 0 Å². The van der Waals surface area contributed by atoms with E-state index in [0.717, 1.165) is 32.6 Å². The fourth-order valence-electron chi connectivity index (χ4n) is 2.89. The van der Waals surface area contributed by atoms with Crippen LogP contribution in [0.25, 0.3) is 0 Å². The number of carbonyl (C=O) groups excluding carboxylic acids is 1. The van der Waals surface area contributed by atoms with Gasteiger partial charge in [0.2, 0.25) is 5.91 Å². The molecule has 1 aliphatic heterocycles. The van der Waals surface area contributed by atoms with E-state index < -0.39 is 0 Å². The molecule has 3 atom stereocenters. The van der Waals surface area contributed by atoms with Crippen LogP contribution in [0.3, 0.4) is 0 Å². The molecule has 0 aromatic heterocycles. The van der Waals surface area contributed by atoms with Gasteiger partial charge in [-0.2, -0.15) is 0 Å². The van der Waals surface area contributed by atoms with E-state index in [9.17, 15) is 4.79 Å². The van der Waals surface area contributed by atoms with Gasteiger partial charge in [0.1, 0.15) is 0 Å². The van der Waals surface area contributed by atoms with Gasteiger partial charge in [0, 0.05) is 38.3 Å². The molecule has 4 heteroatoms. The van der Waals surface area contributed by atoms with Crippen LogP contribution in [0.5, 0.6) is 0 Å². The van der Waals surface area contributed by atoms with Gasteiger partial charge in [-0.05, 0) is 25.8 Å². The summed E-state index contributed by atoms with van der Waals surface area (Å²) < 4.78 is 0. The van der Waals surface area contributed by atoms with Crippen LogP contribution in [0.15, 0.2) is 30.3 Å². The molecule has 1 fully saturated rings. The first-order chi connectivity index (χ1) is 10.5. The van der Waals surface area contributed by atoms with Gasteiger partial charge in [-0.25, -0.2) is 0 Å². The molecule has 3 unspecified atom stereocenters. The number of nitrogens with zero attached hydrogens (tertiary/aromatic N) is 2. The van der Waals surface area contributed by atoms with E-state index in [1.807, 2.05) is 24.8 Å². The van der Waals surface area contributed by atoms with Crippen LogP contribution < -0.4 is 5.73 Å². The molecule has 0 saturated carbocycles. The molecular formula is C18H29N3O. The van der Waals surface area contributed by atoms with Crippen molar-refractivity contribution in [2.45, 2.75) is 45.8 Å². The third-order valence-electron chi connectivity index (χ3n) is 4.82. The van der Waals surface area contributed by atoms with E-state index in [1.165, 1.54) is 5.56 Å². The smallest absolute Gasteiger partial charge is 0.226 e. The molecule has 0 radical (unpaired) electrons. The van der Waals surface area contributed by atoms with E-state index in [4.69, 9.17) is 5.73 Å². The molecule has 1 aliphatic rings. The fraction of sp³-hybridized carbons (Fsp3) is 0.611. The number of carbonyl (C=O) groups is 1. The molecule has 1 amide bonds. The molecule has 2 N–H and O–H groups in total. The Bertz CT molecular complexity index is 474. The molecule has 0 bridgehead atoms. The Morgan fingerprint density at radius 2 is 1.91 bits per heavy atom. The minimum Gasteiger partial charge on any atom is -0.341 e. The standard InChI is InChI=1S/C18H29N3O/c1-14-9-10-20(18(22)15(2)16(3)19)11-12-21(14)13-17-7-5-4-6-8-17/h4-8,14-16H,9-13,19H2,1-3H3. The summed E-state index contributed by atoms with van der Waals surface area (Å²) in [5, 5.41) is 0. The van der Waals surface area contributed by atoms with E-state index in [0.29, 0.717) is 6.04 Å². The third-order valence-corrected chi connectivity index (χ3v) is 4.82. The molecule has 4 nitrogen and oxygen atoms in total. The van der Waals surface area contributed by atoms with E-state index in [2.05, 4.69) is 36.1 Å². The van der Waals surface area contributed by atoms with Gasteiger partial charge in [0.15, 0.2) is 0 Å². The van der Waals surface area contributed by atoms with E-state index in [1.54, 1.807) is 0 Å². The fourth-order valence-corrected chi connectivity index (χ4v) is 2.89. The van der Waals surface area contributed by atoms with Crippen molar-refractivity contribution in [2.24, 2.45) is 11.7 Å². The van der Waals surface area contributed by atoms with Gasteiger partial charge in [0.05, 0.1) is 5.92 Å². The average molecular weight is 303 g/mol. The average Bonchev–Trinajstić information content (AvgIpc) is 2.69. The van der Waals surface area contributed by atoms with E-state index in [-0.39, 0.29) is 17.9 Å². The molecule has 122 valence electrons. The summed E-state index contributed by atoms with van der Waals surface area (Å²) in [7, 11) is 0. The summed E-state index contributed by atoms with van der Waals surface area (Å²) in [6.45, 7) is 9.61. The highest BCUT2D eigenvalue weighted by Gasteiger charge is 2.27. The molecule has 2 rings (SSSR count). The number of rotatable bonds is 4. The van der Waals surface area contributed by atoms with Gasteiger partial charge >= 0.3 is 0 Å². The van der Waals surface area contributed by atoms with Crippen LogP contribution in [0, 0.1) is 5.92 Å². The highest BCUT2D eigenvalue weighted by molar-refractivity contribution is 5.79. The minimum atomic E-state index is -0.101. The monoisotopic (exact) mass is 303 g/mol. The van der Waals surface area contributed by atoms with Gasteiger partial charge in [-0.1, -0.05) is 37.3 Å². The van der Waals surface area contributed by atoms with Crippen LogP contribution >= 0.6 is 0 Å². The Labute approximate surface area is 134 Å². The lowest BCUT2D eigenvalue weighted by molar-refractivity contribution is -0.135. The second kappa shape index (κ2) is 7.75. The van der Waals surface area contributed by atoms with Crippen molar-refractivity contribution in [3.8, 4) is 0 Å². The maximum atomic E-state index is 12.5. The largest absolute Gasteiger partial charge is 0.341 e. The zero-order valence-corrected chi connectivity index (χ0v) is 14.0. The number of amides is 1. The molecule has 1 saturated heterocycles. The molecular weight excluding hydrogens is 274 g/mol. The highest BCUT2D eigenvalue weighted by atomic mass is 16.2. The number of hydrogen-bond donors (Lipinski definition) is 1. The van der Waals surface area contributed by atoms with E-state index >= 15 is 0 Å². The topological polar surface area (TPSA) is 49.6 Å². The normalized spacial score (nSPS) is 22.9. The Morgan fingerprint density at radius 3 is 2.55 bits per heavy atom. The number of nitrogens with two attached hydrogens (primary N) is 1. The van der Waals surface area contributed by atoms with Crippen molar-refractivity contribution in [2.75, 3.05) is 19.6 Å². The zero-order valence-electron chi connectivity index (χ0n) is 14.0. The Balaban J connectivity index is 1.97. The first-order valence-electron chi connectivity index (χ1n) is 8.31. The van der Waals surface area contributed by atoms with Crippen LogP contribution in [0.2, 0.25) is 0 Å². The maximum absolute atomic E-state index is 12.5. The van der Waals surface area contributed by atoms with Crippen molar-refractivity contribution in [1.82, 2.24) is 9.80 Å². The first-order valence-corrected chi connectivity index (χ1v) is 8.31. The Morgan fingerprint density at radius 1 is 1.23 bits per heavy atom. The molecule has 22 heavy (non-hydrogen) atoms. The van der Waals surface area contributed by atoms with Crippen molar-refractivity contribution >= 4 is 5.91 Å². The Hall–Kier alpha value is -1.39. The highest BCUT2D eigenvalue weighted by Crippen LogP contribution is 2.16. The SMILES string of the molecule is CC(N)C(C)C(=O)N1CCC(C)N(Cc2ccccc2)CC1. The maximum Gasteiger partial charge on any atom is 0.226 e. The van der Waals surface area contributed by atoms with Gasteiger partial charge in [-0.3, -0.25) is 9.69 Å². The summed E-state index contributed by atoms with van der Waals surface area (Å²) in [6, 6.07) is 10.9. The molecule has 0 aliphatic carbocycles. The van der Waals surface area contributed by atoms with Crippen molar-refractivity contribution in [3.63, 3.8) is 0 Å². The molecule has 1 heterocycles. The molecule has 0 spiro atoms. The van der Waals surface area contributed by atoms with Crippen molar-refractivity contribution < 1.29 is 4.79 Å². The molecule has 1 aromatic carbocycles. The number of hydrogen-bond acceptors (Lipinski definition) is 3. The summed E-state index contributed by atoms with van der Waals surface area (Å²) in [5.74, 6) is 0.0970. The van der Waals surface area contributed by atoms with Crippen LogP contribution in [-0.2, 0) is 11.3 Å². The predicted molar refractivity (Wildman–Crippen MR) is 90.3 cm³/mol. The number of benzene rings is 1. The summed E-state index contributed by atoms with van der Waals surface area (Å²) in [6.07, 6.45) is 1.02. The quantitative estimate of drug-likeness (QED) is 0.926. The Kier molecular flexibility index (Phi) is 5.98. The van der Waals surface area contributed by atoms with Crippen LogP contribution in [0.1, 0.15) is 32.8 Å². The van der Waals surface area contributed by atoms with Crippen molar-refractivity contribution in [3.05, 3.63) is 35.9 Å². The van der Waals surface area contributed by atoms with Gasteiger partial charge in [0.25, 0.3) is 0 Å².